The molecule has 0 bridgehead atoms. The quantitative estimate of drug-likeness (QED) is 0.590. The molecule has 0 saturated heterocycles. The Bertz CT molecular complexity index is 898. The highest BCUT2D eigenvalue weighted by atomic mass is 79.9. The van der Waals surface area contributed by atoms with Gasteiger partial charge in [-0.05, 0) is 65.2 Å². The number of aromatic hydroxyl groups is 1. The lowest BCUT2D eigenvalue weighted by Crippen LogP contribution is -2.14. The normalized spacial score (nSPS) is 10.9. The molecule has 0 unspecified atom stereocenters. The number of benzene rings is 2. The molecular formula is C19H17BrN2O3. The van der Waals surface area contributed by atoms with Gasteiger partial charge in [0.15, 0.2) is 11.5 Å². The molecule has 1 amide bonds. The molecule has 0 aliphatic carbocycles. The zero-order chi connectivity index (χ0) is 18.6. The largest absolute Gasteiger partial charge is 0.503 e. The van der Waals surface area contributed by atoms with E-state index < -0.39 is 5.91 Å². The van der Waals surface area contributed by atoms with Gasteiger partial charge < -0.3 is 15.2 Å². The first-order chi connectivity index (χ1) is 11.8. The summed E-state index contributed by atoms with van der Waals surface area (Å²) >= 11 is 3.21. The lowest BCUT2D eigenvalue weighted by Gasteiger charge is -2.09. The monoisotopic (exact) mass is 400 g/mol. The second-order valence-electron chi connectivity index (χ2n) is 5.50. The number of ether oxygens (including phenoxy) is 1. The van der Waals surface area contributed by atoms with Gasteiger partial charge in [0.1, 0.15) is 11.6 Å². The topological polar surface area (TPSA) is 82.3 Å². The average molecular weight is 401 g/mol. The second-order valence-corrected chi connectivity index (χ2v) is 6.35. The molecular weight excluding hydrogens is 384 g/mol. The number of hydrogen-bond acceptors (Lipinski definition) is 4. The van der Waals surface area contributed by atoms with Gasteiger partial charge in [0, 0.05) is 5.69 Å². The SMILES string of the molecule is COc1cc(/C=C(/C#N)C(=O)Nc2ccc(C)cc2C)cc(Br)c1O. The highest BCUT2D eigenvalue weighted by molar-refractivity contribution is 9.10. The van der Waals surface area contributed by atoms with Gasteiger partial charge in [0.05, 0.1) is 11.6 Å². The van der Waals surface area contributed by atoms with E-state index in [2.05, 4.69) is 21.2 Å². The van der Waals surface area contributed by atoms with Crippen LogP contribution in [0.15, 0.2) is 40.4 Å². The Balaban J connectivity index is 2.32. The number of phenolic OH excluding ortho intramolecular Hbond substituents is 1. The number of phenols is 1. The maximum Gasteiger partial charge on any atom is 0.266 e. The molecule has 5 nitrogen and oxygen atoms in total. The number of hydrogen-bond donors (Lipinski definition) is 2. The summed E-state index contributed by atoms with van der Waals surface area (Å²) < 4.78 is 5.48. The van der Waals surface area contributed by atoms with Crippen molar-refractivity contribution in [3.8, 4) is 17.6 Å². The van der Waals surface area contributed by atoms with Gasteiger partial charge in [-0.15, -0.1) is 0 Å². The van der Waals surface area contributed by atoms with Gasteiger partial charge in [-0.3, -0.25) is 4.79 Å². The number of rotatable bonds is 4. The number of nitriles is 1. The van der Waals surface area contributed by atoms with E-state index >= 15 is 0 Å². The molecule has 128 valence electrons. The van der Waals surface area contributed by atoms with Crippen LogP contribution >= 0.6 is 15.9 Å². The third kappa shape index (κ3) is 4.40. The van der Waals surface area contributed by atoms with Crippen molar-refractivity contribution in [2.45, 2.75) is 13.8 Å². The second kappa shape index (κ2) is 7.86. The first kappa shape index (κ1) is 18.6. The van der Waals surface area contributed by atoms with Crippen LogP contribution in [0, 0.1) is 25.2 Å². The van der Waals surface area contributed by atoms with E-state index in [1.807, 2.05) is 32.0 Å². The molecule has 6 heteroatoms. The molecule has 2 aromatic carbocycles. The predicted molar refractivity (Wildman–Crippen MR) is 100 cm³/mol. The van der Waals surface area contributed by atoms with Gasteiger partial charge in [-0.25, -0.2) is 0 Å². The van der Waals surface area contributed by atoms with E-state index in [-0.39, 0.29) is 17.1 Å². The summed E-state index contributed by atoms with van der Waals surface area (Å²) in [6, 6.07) is 10.7. The zero-order valence-corrected chi connectivity index (χ0v) is 15.6. The van der Waals surface area contributed by atoms with Crippen LogP contribution in [0.2, 0.25) is 0 Å². The number of carbonyl (C=O) groups is 1. The van der Waals surface area contributed by atoms with Gasteiger partial charge in [-0.2, -0.15) is 5.26 Å². The Morgan fingerprint density at radius 3 is 2.64 bits per heavy atom. The van der Waals surface area contributed by atoms with E-state index in [9.17, 15) is 15.2 Å². The Hall–Kier alpha value is -2.78. The van der Waals surface area contributed by atoms with Crippen LogP contribution in [0.1, 0.15) is 16.7 Å². The Kier molecular flexibility index (Phi) is 5.84. The number of halogens is 1. The molecule has 0 atom stereocenters. The number of aryl methyl sites for hydroxylation is 2. The Labute approximate surface area is 154 Å². The number of carbonyl (C=O) groups excluding carboxylic acids is 1. The fraction of sp³-hybridized carbons (Fsp3) is 0.158. The summed E-state index contributed by atoms with van der Waals surface area (Å²) in [5.74, 6) is -0.303. The highest BCUT2D eigenvalue weighted by Crippen LogP contribution is 2.35. The predicted octanol–water partition coefficient (Wildman–Crippen LogP) is 4.33. The molecule has 2 aromatic rings. The molecule has 0 radical (unpaired) electrons. The van der Waals surface area contributed by atoms with E-state index in [4.69, 9.17) is 4.74 Å². The molecule has 0 saturated carbocycles. The molecule has 0 spiro atoms. The fourth-order valence-electron chi connectivity index (χ4n) is 2.29. The number of nitrogens with one attached hydrogen (secondary N) is 1. The zero-order valence-electron chi connectivity index (χ0n) is 14.1. The third-order valence-electron chi connectivity index (χ3n) is 3.58. The lowest BCUT2D eigenvalue weighted by atomic mass is 10.1. The van der Waals surface area contributed by atoms with Crippen LogP contribution in [0.25, 0.3) is 6.08 Å². The van der Waals surface area contributed by atoms with E-state index in [1.54, 1.807) is 18.2 Å². The van der Waals surface area contributed by atoms with Crippen LogP contribution in [-0.2, 0) is 4.79 Å². The van der Waals surface area contributed by atoms with Crippen LogP contribution in [-0.4, -0.2) is 18.1 Å². The van der Waals surface area contributed by atoms with Crippen molar-refractivity contribution in [2.75, 3.05) is 12.4 Å². The average Bonchev–Trinajstić information content (AvgIpc) is 2.57. The first-order valence-corrected chi connectivity index (χ1v) is 8.22. The van der Waals surface area contributed by atoms with Gasteiger partial charge in [0.25, 0.3) is 5.91 Å². The highest BCUT2D eigenvalue weighted by Gasteiger charge is 2.13. The Morgan fingerprint density at radius 2 is 2.04 bits per heavy atom. The van der Waals surface area contributed by atoms with Crippen molar-refractivity contribution in [3.05, 3.63) is 57.1 Å². The lowest BCUT2D eigenvalue weighted by molar-refractivity contribution is -0.112. The molecule has 0 heterocycles. The molecule has 0 fully saturated rings. The standard InChI is InChI=1S/C19H17BrN2O3/c1-11-4-5-16(12(2)6-11)22-19(24)14(10-21)7-13-8-15(20)18(23)17(9-13)25-3/h4-9,23H,1-3H3,(H,22,24)/b14-7-. The van der Waals surface area contributed by atoms with E-state index in [1.165, 1.54) is 13.2 Å². The number of amides is 1. The summed E-state index contributed by atoms with van der Waals surface area (Å²) in [7, 11) is 1.42. The first-order valence-electron chi connectivity index (χ1n) is 7.42. The maximum absolute atomic E-state index is 12.4. The summed E-state index contributed by atoms with van der Waals surface area (Å²) in [4.78, 5) is 12.4. The molecule has 25 heavy (non-hydrogen) atoms. The number of nitrogens with zero attached hydrogens (tertiary/aromatic N) is 1. The molecule has 2 N–H and O–H groups in total. The molecule has 0 aliphatic heterocycles. The van der Waals surface area contributed by atoms with Gasteiger partial charge >= 0.3 is 0 Å². The van der Waals surface area contributed by atoms with Crippen LogP contribution in [0.5, 0.6) is 11.5 Å². The molecule has 0 aliphatic rings. The van der Waals surface area contributed by atoms with Crippen molar-refractivity contribution in [2.24, 2.45) is 0 Å². The van der Waals surface area contributed by atoms with Crippen molar-refractivity contribution in [1.29, 1.82) is 5.26 Å². The summed E-state index contributed by atoms with van der Waals surface area (Å²) in [5, 5.41) is 21.9. The minimum absolute atomic E-state index is 0.0436. The van der Waals surface area contributed by atoms with Crippen molar-refractivity contribution in [1.82, 2.24) is 0 Å². The van der Waals surface area contributed by atoms with E-state index in [0.717, 1.165) is 11.1 Å². The number of anilines is 1. The van der Waals surface area contributed by atoms with Gasteiger partial charge in [-0.1, -0.05) is 17.7 Å². The van der Waals surface area contributed by atoms with Gasteiger partial charge in [0.2, 0.25) is 0 Å². The maximum atomic E-state index is 12.4. The Morgan fingerprint density at radius 1 is 1.32 bits per heavy atom. The summed E-state index contributed by atoms with van der Waals surface area (Å²) in [5.41, 5.74) is 3.15. The third-order valence-corrected chi connectivity index (χ3v) is 4.18. The van der Waals surface area contributed by atoms with E-state index in [0.29, 0.717) is 15.7 Å². The minimum atomic E-state index is -0.502. The summed E-state index contributed by atoms with van der Waals surface area (Å²) in [6.45, 7) is 3.86. The smallest absolute Gasteiger partial charge is 0.266 e. The molecule has 0 aromatic heterocycles. The van der Waals surface area contributed by atoms with Crippen LogP contribution in [0.3, 0.4) is 0 Å². The summed E-state index contributed by atoms with van der Waals surface area (Å²) in [6.07, 6.45) is 1.44. The fourth-order valence-corrected chi connectivity index (χ4v) is 2.75. The van der Waals surface area contributed by atoms with Crippen molar-refractivity contribution >= 4 is 33.6 Å². The van der Waals surface area contributed by atoms with Crippen LogP contribution in [0.4, 0.5) is 5.69 Å². The van der Waals surface area contributed by atoms with Crippen LogP contribution < -0.4 is 10.1 Å². The molecule has 2 rings (SSSR count). The number of methoxy groups -OCH3 is 1. The van der Waals surface area contributed by atoms with Crippen molar-refractivity contribution in [3.63, 3.8) is 0 Å². The minimum Gasteiger partial charge on any atom is -0.503 e. The van der Waals surface area contributed by atoms with Crippen molar-refractivity contribution < 1.29 is 14.6 Å².